The highest BCUT2D eigenvalue weighted by Crippen LogP contribution is 2.47. The molecule has 0 aliphatic heterocycles. The minimum atomic E-state index is -2.65. The zero-order valence-electron chi connectivity index (χ0n) is 12.6. The number of carboxylic acids is 1. The molecule has 0 fully saturated rings. The van der Waals surface area contributed by atoms with E-state index in [4.69, 9.17) is 5.73 Å². The van der Waals surface area contributed by atoms with Gasteiger partial charge in [-0.3, -0.25) is 4.79 Å². The lowest BCUT2D eigenvalue weighted by Gasteiger charge is -2.36. The Hall–Kier alpha value is -2.28. The van der Waals surface area contributed by atoms with Gasteiger partial charge in [0.1, 0.15) is 5.00 Å². The largest absolute Gasteiger partial charge is 0.478 e. The van der Waals surface area contributed by atoms with Crippen LogP contribution in [0.2, 0.25) is 0 Å². The summed E-state index contributed by atoms with van der Waals surface area (Å²) in [5, 5.41) is 9.33. The second-order valence-corrected chi connectivity index (χ2v) is 6.88. The Morgan fingerprint density at radius 3 is 2.58 bits per heavy atom. The molecule has 0 radical (unpaired) electrons. The third-order valence-corrected chi connectivity index (χ3v) is 5.58. The first kappa shape index (κ1) is 16.6. The van der Waals surface area contributed by atoms with Gasteiger partial charge in [-0.2, -0.15) is 0 Å². The number of thiophene rings is 1. The van der Waals surface area contributed by atoms with Gasteiger partial charge in [0.2, 0.25) is 6.43 Å². The van der Waals surface area contributed by atoms with E-state index in [0.717, 1.165) is 11.3 Å². The van der Waals surface area contributed by atoms with Crippen molar-refractivity contribution in [3.63, 3.8) is 0 Å². The second-order valence-electron chi connectivity index (χ2n) is 5.83. The Kier molecular flexibility index (Phi) is 4.13. The standard InChI is InChI=1S/C17H15F2NO3S/c18-11(19)8-17(9-4-2-1-3-5-9)7-6-10-12(16(22)23)15(20)24-13(10)14(17)21/h1-5,11H,6-8,20H2,(H,22,23). The van der Waals surface area contributed by atoms with E-state index >= 15 is 0 Å². The van der Waals surface area contributed by atoms with Crippen molar-refractivity contribution in [1.29, 1.82) is 0 Å². The summed E-state index contributed by atoms with van der Waals surface area (Å²) in [6.45, 7) is 0. The molecule has 3 N–H and O–H groups in total. The van der Waals surface area contributed by atoms with Crippen molar-refractivity contribution in [2.75, 3.05) is 5.73 Å². The number of nitrogen functional groups attached to an aromatic ring is 1. The number of rotatable bonds is 4. The van der Waals surface area contributed by atoms with Crippen molar-refractivity contribution in [2.24, 2.45) is 0 Å². The first-order chi connectivity index (χ1) is 11.4. The molecule has 0 amide bonds. The van der Waals surface area contributed by atoms with E-state index in [0.29, 0.717) is 11.1 Å². The summed E-state index contributed by atoms with van der Waals surface area (Å²) in [7, 11) is 0. The van der Waals surface area contributed by atoms with Gasteiger partial charge in [-0.1, -0.05) is 30.3 Å². The molecule has 126 valence electrons. The molecule has 0 bridgehead atoms. The number of carboxylic acid groups (broad SMARTS) is 1. The number of Topliss-reactive ketones (excluding diaryl/α,β-unsaturated/α-hetero) is 1. The number of benzene rings is 1. The van der Waals surface area contributed by atoms with Crippen LogP contribution in [-0.2, 0) is 11.8 Å². The molecule has 24 heavy (non-hydrogen) atoms. The van der Waals surface area contributed by atoms with E-state index in [1.807, 2.05) is 0 Å². The van der Waals surface area contributed by atoms with Crippen molar-refractivity contribution in [3.05, 3.63) is 51.9 Å². The van der Waals surface area contributed by atoms with Crippen LogP contribution in [0.3, 0.4) is 0 Å². The monoisotopic (exact) mass is 351 g/mol. The predicted molar refractivity (Wildman–Crippen MR) is 87.1 cm³/mol. The van der Waals surface area contributed by atoms with E-state index in [1.54, 1.807) is 30.3 Å². The number of hydrogen-bond donors (Lipinski definition) is 2. The van der Waals surface area contributed by atoms with Crippen LogP contribution in [0, 0.1) is 0 Å². The molecule has 7 heteroatoms. The van der Waals surface area contributed by atoms with Crippen molar-refractivity contribution in [1.82, 2.24) is 0 Å². The maximum atomic E-state index is 13.2. The normalized spacial score (nSPS) is 20.2. The Labute approximate surface area is 140 Å². The number of carbonyl (C=O) groups is 2. The molecule has 0 spiro atoms. The van der Waals surface area contributed by atoms with Gasteiger partial charge in [0, 0.05) is 6.42 Å². The van der Waals surface area contributed by atoms with Crippen molar-refractivity contribution in [3.8, 4) is 0 Å². The Morgan fingerprint density at radius 1 is 1.33 bits per heavy atom. The van der Waals surface area contributed by atoms with Crippen LogP contribution in [0.1, 0.15) is 44.0 Å². The molecule has 1 aromatic carbocycles. The Bertz CT molecular complexity index is 804. The highest BCUT2D eigenvalue weighted by atomic mass is 32.1. The zero-order chi connectivity index (χ0) is 17.5. The molecular formula is C17H15F2NO3S. The number of halogens is 2. The number of carbonyl (C=O) groups excluding carboxylic acids is 1. The SMILES string of the molecule is Nc1sc2c(c1C(=O)O)CCC(CC(F)F)(c1ccccc1)C2=O. The summed E-state index contributed by atoms with van der Waals surface area (Å²) in [6.07, 6.45) is -2.86. The van der Waals surface area contributed by atoms with Crippen LogP contribution in [0.5, 0.6) is 0 Å². The average Bonchev–Trinajstić information content (AvgIpc) is 2.88. The highest BCUT2D eigenvalue weighted by Gasteiger charge is 2.48. The van der Waals surface area contributed by atoms with E-state index in [2.05, 4.69) is 0 Å². The minimum absolute atomic E-state index is 0.0433. The third kappa shape index (κ3) is 2.49. The first-order valence-electron chi connectivity index (χ1n) is 7.39. The molecule has 0 saturated carbocycles. The third-order valence-electron chi connectivity index (χ3n) is 4.52. The number of alkyl halides is 2. The average molecular weight is 351 g/mol. The number of ketones is 1. The summed E-state index contributed by atoms with van der Waals surface area (Å²) in [4.78, 5) is 24.7. The van der Waals surface area contributed by atoms with Gasteiger partial charge in [-0.15, -0.1) is 11.3 Å². The van der Waals surface area contributed by atoms with Crippen LogP contribution in [-0.4, -0.2) is 23.3 Å². The Balaban J connectivity index is 2.16. The van der Waals surface area contributed by atoms with Gasteiger partial charge in [-0.05, 0) is 24.0 Å². The van der Waals surface area contributed by atoms with Crippen molar-refractivity contribution >= 4 is 28.1 Å². The summed E-state index contributed by atoms with van der Waals surface area (Å²) < 4.78 is 26.5. The molecule has 1 aliphatic rings. The van der Waals surface area contributed by atoms with E-state index in [9.17, 15) is 23.5 Å². The minimum Gasteiger partial charge on any atom is -0.478 e. The number of anilines is 1. The maximum absolute atomic E-state index is 13.2. The number of aromatic carboxylic acids is 1. The maximum Gasteiger partial charge on any atom is 0.338 e. The van der Waals surface area contributed by atoms with Gasteiger partial charge < -0.3 is 10.8 Å². The first-order valence-corrected chi connectivity index (χ1v) is 8.21. The lowest BCUT2D eigenvalue weighted by atomic mass is 9.66. The fraction of sp³-hybridized carbons (Fsp3) is 0.294. The molecule has 1 aromatic heterocycles. The molecule has 4 nitrogen and oxygen atoms in total. The van der Waals surface area contributed by atoms with Crippen LogP contribution in [0.4, 0.5) is 13.8 Å². The van der Waals surface area contributed by atoms with Crippen LogP contribution in [0.25, 0.3) is 0 Å². The molecule has 1 aliphatic carbocycles. The molecule has 1 unspecified atom stereocenters. The van der Waals surface area contributed by atoms with E-state index in [-0.39, 0.29) is 28.3 Å². The smallest absolute Gasteiger partial charge is 0.338 e. The summed E-state index contributed by atoms with van der Waals surface area (Å²) >= 11 is 0.880. The molecule has 2 aromatic rings. The Morgan fingerprint density at radius 2 is 2.00 bits per heavy atom. The molecule has 3 rings (SSSR count). The fourth-order valence-corrected chi connectivity index (χ4v) is 4.57. The van der Waals surface area contributed by atoms with Crippen molar-refractivity contribution < 1.29 is 23.5 Å². The lowest BCUT2D eigenvalue weighted by molar-refractivity contribution is 0.0663. The van der Waals surface area contributed by atoms with Gasteiger partial charge in [0.25, 0.3) is 0 Å². The summed E-state index contributed by atoms with van der Waals surface area (Å²) in [6, 6.07) is 8.50. The fourth-order valence-electron chi connectivity index (χ4n) is 3.42. The lowest BCUT2D eigenvalue weighted by Crippen LogP contribution is -2.41. The topological polar surface area (TPSA) is 80.4 Å². The predicted octanol–water partition coefficient (Wildman–Crippen LogP) is 3.75. The number of hydrogen-bond acceptors (Lipinski definition) is 4. The molecule has 1 atom stereocenters. The van der Waals surface area contributed by atoms with Crippen molar-refractivity contribution in [2.45, 2.75) is 31.1 Å². The van der Waals surface area contributed by atoms with Gasteiger partial charge in [0.15, 0.2) is 5.78 Å². The second kappa shape index (κ2) is 5.98. The van der Waals surface area contributed by atoms with E-state index in [1.165, 1.54) is 0 Å². The van der Waals surface area contributed by atoms with Crippen LogP contribution >= 0.6 is 11.3 Å². The number of fused-ring (bicyclic) bond motifs is 1. The molecule has 1 heterocycles. The summed E-state index contributed by atoms with van der Waals surface area (Å²) in [5.74, 6) is -1.65. The van der Waals surface area contributed by atoms with Gasteiger partial charge in [-0.25, -0.2) is 13.6 Å². The number of nitrogens with two attached hydrogens (primary N) is 1. The highest BCUT2D eigenvalue weighted by molar-refractivity contribution is 7.18. The van der Waals surface area contributed by atoms with Gasteiger partial charge >= 0.3 is 5.97 Å². The van der Waals surface area contributed by atoms with Crippen LogP contribution < -0.4 is 5.73 Å². The van der Waals surface area contributed by atoms with Gasteiger partial charge in [0.05, 0.1) is 15.9 Å². The molecule has 0 saturated heterocycles. The zero-order valence-corrected chi connectivity index (χ0v) is 13.4. The quantitative estimate of drug-likeness (QED) is 0.879. The van der Waals surface area contributed by atoms with E-state index < -0.39 is 30.0 Å². The summed E-state index contributed by atoms with van der Waals surface area (Å²) in [5.41, 5.74) is 5.25. The van der Waals surface area contributed by atoms with Crippen LogP contribution in [0.15, 0.2) is 30.3 Å². The molecular weight excluding hydrogens is 336 g/mol.